The van der Waals surface area contributed by atoms with E-state index in [-0.39, 0.29) is 6.04 Å². The third kappa shape index (κ3) is 5.09. The topological polar surface area (TPSA) is 42.2 Å². The summed E-state index contributed by atoms with van der Waals surface area (Å²) >= 11 is 0. The molecule has 1 heterocycles. The van der Waals surface area contributed by atoms with Gasteiger partial charge in [-0.3, -0.25) is 9.88 Å². The molecule has 0 aliphatic rings. The number of hydrogen-bond acceptors (Lipinski definition) is 3. The number of pyridine rings is 1. The van der Waals surface area contributed by atoms with E-state index >= 15 is 0 Å². The smallest absolute Gasteiger partial charge is 0.326 e. The number of nitrogens with two attached hydrogens (primary N) is 1. The van der Waals surface area contributed by atoms with Crippen LogP contribution in [0.4, 0.5) is 13.2 Å². The van der Waals surface area contributed by atoms with Gasteiger partial charge in [-0.2, -0.15) is 13.2 Å². The van der Waals surface area contributed by atoms with Crippen LogP contribution in [0.2, 0.25) is 0 Å². The van der Waals surface area contributed by atoms with Crippen LogP contribution >= 0.6 is 0 Å². The number of nitrogens with zero attached hydrogens (tertiary/aromatic N) is 2. The largest absolute Gasteiger partial charge is 0.401 e. The second-order valence-corrected chi connectivity index (χ2v) is 4.86. The molecule has 114 valence electrons. The van der Waals surface area contributed by atoms with Gasteiger partial charge in [0, 0.05) is 12.2 Å². The Hall–Kier alpha value is -1.14. The summed E-state index contributed by atoms with van der Waals surface area (Å²) in [5.41, 5.74) is 6.65. The number of aromatic nitrogens is 1. The summed E-state index contributed by atoms with van der Waals surface area (Å²) in [5, 5.41) is 0. The average Bonchev–Trinajstić information content (AvgIpc) is 2.38. The van der Waals surface area contributed by atoms with Crippen molar-refractivity contribution in [2.24, 2.45) is 5.73 Å². The second kappa shape index (κ2) is 7.59. The van der Waals surface area contributed by atoms with Gasteiger partial charge in [-0.25, -0.2) is 0 Å². The number of alkyl halides is 3. The van der Waals surface area contributed by atoms with Gasteiger partial charge in [-0.05, 0) is 31.5 Å². The Morgan fingerprint density at radius 3 is 2.45 bits per heavy atom. The van der Waals surface area contributed by atoms with Gasteiger partial charge >= 0.3 is 6.18 Å². The van der Waals surface area contributed by atoms with Crippen LogP contribution in [0.1, 0.15) is 38.4 Å². The van der Waals surface area contributed by atoms with Crippen molar-refractivity contribution in [1.82, 2.24) is 9.88 Å². The zero-order valence-corrected chi connectivity index (χ0v) is 11.9. The van der Waals surface area contributed by atoms with Gasteiger partial charge in [-0.15, -0.1) is 0 Å². The molecule has 0 amide bonds. The predicted octanol–water partition coefficient (Wildman–Crippen LogP) is 3.13. The maximum Gasteiger partial charge on any atom is 0.401 e. The molecule has 0 radical (unpaired) electrons. The minimum Gasteiger partial charge on any atom is -0.326 e. The van der Waals surface area contributed by atoms with E-state index < -0.39 is 18.8 Å². The fourth-order valence-corrected chi connectivity index (χ4v) is 2.29. The summed E-state index contributed by atoms with van der Waals surface area (Å²) in [5.74, 6) is 0. The molecule has 0 fully saturated rings. The van der Waals surface area contributed by atoms with Gasteiger partial charge in [0.1, 0.15) is 0 Å². The van der Waals surface area contributed by atoms with E-state index in [2.05, 4.69) is 4.98 Å². The fraction of sp³-hybridized carbons (Fsp3) is 0.643. The molecular weight excluding hydrogens is 267 g/mol. The van der Waals surface area contributed by atoms with Crippen molar-refractivity contribution in [3.8, 4) is 0 Å². The Morgan fingerprint density at radius 1 is 1.30 bits per heavy atom. The van der Waals surface area contributed by atoms with E-state index in [0.717, 1.165) is 0 Å². The van der Waals surface area contributed by atoms with Gasteiger partial charge in [0.2, 0.25) is 0 Å². The molecule has 0 aliphatic heterocycles. The molecule has 2 unspecified atom stereocenters. The predicted molar refractivity (Wildman–Crippen MR) is 73.2 cm³/mol. The average molecular weight is 289 g/mol. The third-order valence-electron chi connectivity index (χ3n) is 3.15. The van der Waals surface area contributed by atoms with Crippen LogP contribution in [0, 0.1) is 0 Å². The lowest BCUT2D eigenvalue weighted by molar-refractivity contribution is -0.152. The zero-order valence-electron chi connectivity index (χ0n) is 11.9. The monoisotopic (exact) mass is 289 g/mol. The Morgan fingerprint density at radius 2 is 2.00 bits per heavy atom. The van der Waals surface area contributed by atoms with Crippen molar-refractivity contribution < 1.29 is 13.2 Å². The van der Waals surface area contributed by atoms with Crippen molar-refractivity contribution in [2.75, 3.05) is 13.1 Å². The van der Waals surface area contributed by atoms with Gasteiger partial charge in [0.05, 0.1) is 18.3 Å². The first-order valence-electron chi connectivity index (χ1n) is 6.86. The van der Waals surface area contributed by atoms with Crippen molar-refractivity contribution in [2.45, 2.75) is 44.9 Å². The SMILES string of the molecule is CCCN(CC(F)(F)F)C(c1ccccn1)C(N)CC. The highest BCUT2D eigenvalue weighted by atomic mass is 19.4. The van der Waals surface area contributed by atoms with Gasteiger partial charge < -0.3 is 5.73 Å². The summed E-state index contributed by atoms with van der Waals surface area (Å²) < 4.78 is 38.3. The van der Waals surface area contributed by atoms with E-state index in [1.165, 1.54) is 4.90 Å². The number of rotatable bonds is 7. The van der Waals surface area contributed by atoms with Crippen LogP contribution in [-0.2, 0) is 0 Å². The maximum absolute atomic E-state index is 12.8. The first kappa shape index (κ1) is 16.9. The Bertz CT molecular complexity index is 381. The Labute approximate surface area is 118 Å². The Kier molecular flexibility index (Phi) is 6.42. The lowest BCUT2D eigenvalue weighted by Crippen LogP contribution is -2.45. The van der Waals surface area contributed by atoms with E-state index in [4.69, 9.17) is 5.73 Å². The molecule has 0 saturated heterocycles. The third-order valence-corrected chi connectivity index (χ3v) is 3.15. The molecule has 0 saturated carbocycles. The number of hydrogen-bond donors (Lipinski definition) is 1. The molecule has 2 N–H and O–H groups in total. The van der Waals surface area contributed by atoms with E-state index in [9.17, 15) is 13.2 Å². The number of halogens is 3. The molecule has 0 aliphatic carbocycles. The van der Waals surface area contributed by atoms with E-state index in [1.807, 2.05) is 13.8 Å². The van der Waals surface area contributed by atoms with Crippen LogP contribution in [-0.4, -0.2) is 35.2 Å². The lowest BCUT2D eigenvalue weighted by Gasteiger charge is -2.35. The van der Waals surface area contributed by atoms with Crippen LogP contribution in [0.5, 0.6) is 0 Å². The van der Waals surface area contributed by atoms with Gasteiger partial charge in [0.25, 0.3) is 0 Å². The summed E-state index contributed by atoms with van der Waals surface area (Å²) in [7, 11) is 0. The fourth-order valence-electron chi connectivity index (χ4n) is 2.29. The van der Waals surface area contributed by atoms with Crippen molar-refractivity contribution in [3.63, 3.8) is 0 Å². The van der Waals surface area contributed by atoms with E-state index in [0.29, 0.717) is 25.1 Å². The minimum absolute atomic E-state index is 0.342. The summed E-state index contributed by atoms with van der Waals surface area (Å²) in [6.07, 6.45) is -1.42. The molecule has 0 spiro atoms. The summed E-state index contributed by atoms with van der Waals surface area (Å²) in [6, 6.07) is 4.36. The molecule has 3 nitrogen and oxygen atoms in total. The van der Waals surface area contributed by atoms with Crippen LogP contribution < -0.4 is 5.73 Å². The quantitative estimate of drug-likeness (QED) is 0.838. The zero-order chi connectivity index (χ0) is 15.2. The van der Waals surface area contributed by atoms with Gasteiger partial charge in [0.15, 0.2) is 0 Å². The minimum atomic E-state index is -4.24. The molecule has 1 rings (SSSR count). The summed E-state index contributed by atoms with van der Waals surface area (Å²) in [6.45, 7) is 3.11. The molecule has 0 aromatic carbocycles. The van der Waals surface area contributed by atoms with Crippen molar-refractivity contribution >= 4 is 0 Å². The standard InChI is InChI=1S/C14H22F3N3/c1-3-9-20(10-14(15,16)17)13(11(18)4-2)12-7-5-6-8-19-12/h5-8,11,13H,3-4,9-10,18H2,1-2H3. The highest BCUT2D eigenvalue weighted by molar-refractivity contribution is 5.11. The summed E-state index contributed by atoms with van der Waals surface area (Å²) in [4.78, 5) is 5.58. The lowest BCUT2D eigenvalue weighted by atomic mass is 10.00. The molecule has 2 atom stereocenters. The first-order valence-corrected chi connectivity index (χ1v) is 6.86. The van der Waals surface area contributed by atoms with E-state index in [1.54, 1.807) is 24.4 Å². The second-order valence-electron chi connectivity index (χ2n) is 4.86. The van der Waals surface area contributed by atoms with Crippen LogP contribution in [0.3, 0.4) is 0 Å². The van der Waals surface area contributed by atoms with Gasteiger partial charge in [-0.1, -0.05) is 19.9 Å². The normalized spacial score (nSPS) is 15.3. The highest BCUT2D eigenvalue weighted by Gasteiger charge is 2.36. The Balaban J connectivity index is 3.05. The molecule has 1 aromatic heterocycles. The van der Waals surface area contributed by atoms with Crippen molar-refractivity contribution in [1.29, 1.82) is 0 Å². The van der Waals surface area contributed by atoms with Crippen molar-refractivity contribution in [3.05, 3.63) is 30.1 Å². The maximum atomic E-state index is 12.8. The molecule has 20 heavy (non-hydrogen) atoms. The highest BCUT2D eigenvalue weighted by Crippen LogP contribution is 2.27. The van der Waals surface area contributed by atoms with Crippen LogP contribution in [0.15, 0.2) is 24.4 Å². The molecular formula is C14H22F3N3. The molecule has 6 heteroatoms. The van der Waals surface area contributed by atoms with Crippen LogP contribution in [0.25, 0.3) is 0 Å². The molecule has 0 bridgehead atoms. The first-order chi connectivity index (χ1) is 9.39. The molecule has 1 aromatic rings.